The first-order valence-corrected chi connectivity index (χ1v) is 5.18. The number of aromatic nitrogens is 1. The number of aliphatic hydroxyl groups is 1. The van der Waals surface area contributed by atoms with Crippen LogP contribution < -0.4 is 0 Å². The average molecular weight is 224 g/mol. The van der Waals surface area contributed by atoms with E-state index < -0.39 is 5.97 Å². The second-order valence-corrected chi connectivity index (χ2v) is 3.44. The van der Waals surface area contributed by atoms with Gasteiger partial charge in [-0.2, -0.15) is 0 Å². The summed E-state index contributed by atoms with van der Waals surface area (Å²) in [6.45, 7) is 4.15. The Kier molecular flexibility index (Phi) is 4.88. The highest BCUT2D eigenvalue weighted by molar-refractivity contribution is 5.87. The minimum absolute atomic E-state index is 0.112. The molecule has 0 radical (unpaired) electrons. The number of pyridine rings is 1. The lowest BCUT2D eigenvalue weighted by Gasteiger charge is -2.18. The molecule has 0 saturated carbocycles. The zero-order valence-electron chi connectivity index (χ0n) is 9.26. The van der Waals surface area contributed by atoms with Gasteiger partial charge in [0.1, 0.15) is 0 Å². The summed E-state index contributed by atoms with van der Waals surface area (Å²) in [5, 5.41) is 17.5. The molecule has 88 valence electrons. The van der Waals surface area contributed by atoms with Crippen LogP contribution in [-0.4, -0.2) is 45.8 Å². The van der Waals surface area contributed by atoms with Gasteiger partial charge in [0.05, 0.1) is 17.9 Å². The van der Waals surface area contributed by atoms with Crippen molar-refractivity contribution in [3.05, 3.63) is 29.6 Å². The number of aromatic carboxylic acids is 1. The maximum atomic E-state index is 10.6. The highest BCUT2D eigenvalue weighted by atomic mass is 16.4. The lowest BCUT2D eigenvalue weighted by atomic mass is 10.2. The molecule has 0 unspecified atom stereocenters. The Morgan fingerprint density at radius 3 is 2.69 bits per heavy atom. The van der Waals surface area contributed by atoms with E-state index in [0.29, 0.717) is 13.1 Å². The van der Waals surface area contributed by atoms with Crippen LogP contribution in [0, 0.1) is 0 Å². The van der Waals surface area contributed by atoms with Crippen LogP contribution in [0.5, 0.6) is 0 Å². The standard InChI is InChI=1S/C11H16N2O3/c1-2-13(5-6-14)8-10-4-3-9(7-12-10)11(15)16/h3-4,7,14H,2,5-6,8H2,1H3,(H,15,16). The first-order chi connectivity index (χ1) is 7.67. The third kappa shape index (κ3) is 3.60. The van der Waals surface area contributed by atoms with Crippen LogP contribution in [0.25, 0.3) is 0 Å². The molecular weight excluding hydrogens is 208 g/mol. The number of likely N-dealkylation sites (N-methyl/N-ethyl adjacent to an activating group) is 1. The van der Waals surface area contributed by atoms with E-state index in [2.05, 4.69) is 4.98 Å². The molecular formula is C11H16N2O3. The normalized spacial score (nSPS) is 10.7. The molecule has 2 N–H and O–H groups in total. The largest absolute Gasteiger partial charge is 0.478 e. The molecule has 0 amide bonds. The van der Waals surface area contributed by atoms with Gasteiger partial charge in [-0.25, -0.2) is 4.79 Å². The molecule has 1 aromatic heterocycles. The molecule has 5 nitrogen and oxygen atoms in total. The number of rotatable bonds is 6. The fourth-order valence-electron chi connectivity index (χ4n) is 1.36. The monoisotopic (exact) mass is 224 g/mol. The molecule has 0 aliphatic heterocycles. The number of aliphatic hydroxyl groups excluding tert-OH is 1. The van der Waals surface area contributed by atoms with Crippen LogP contribution in [0.1, 0.15) is 23.0 Å². The van der Waals surface area contributed by atoms with Gasteiger partial charge in [-0.05, 0) is 18.7 Å². The molecule has 0 spiro atoms. The molecule has 0 aromatic carbocycles. The molecule has 1 heterocycles. The summed E-state index contributed by atoms with van der Waals surface area (Å²) >= 11 is 0. The molecule has 0 aliphatic carbocycles. The number of carboxylic acids is 1. The molecule has 0 aliphatic rings. The molecule has 0 saturated heterocycles. The molecule has 0 bridgehead atoms. The van der Waals surface area contributed by atoms with Crippen LogP contribution in [0.3, 0.4) is 0 Å². The minimum Gasteiger partial charge on any atom is -0.478 e. The van der Waals surface area contributed by atoms with Crippen molar-refractivity contribution in [1.29, 1.82) is 0 Å². The van der Waals surface area contributed by atoms with E-state index in [1.54, 1.807) is 6.07 Å². The number of carboxylic acid groups (broad SMARTS) is 1. The van der Waals surface area contributed by atoms with Gasteiger partial charge in [-0.3, -0.25) is 9.88 Å². The smallest absolute Gasteiger partial charge is 0.337 e. The Hall–Kier alpha value is -1.46. The van der Waals surface area contributed by atoms with Crippen LogP contribution in [0.2, 0.25) is 0 Å². The summed E-state index contributed by atoms with van der Waals surface area (Å²) in [5.74, 6) is -0.971. The van der Waals surface area contributed by atoms with Gasteiger partial charge in [0.2, 0.25) is 0 Å². The van der Waals surface area contributed by atoms with Crippen molar-refractivity contribution in [3.63, 3.8) is 0 Å². The second-order valence-electron chi connectivity index (χ2n) is 3.44. The third-order valence-electron chi connectivity index (χ3n) is 2.32. The lowest BCUT2D eigenvalue weighted by molar-refractivity contribution is 0.0696. The van der Waals surface area contributed by atoms with Crippen LogP contribution in [-0.2, 0) is 6.54 Å². The zero-order chi connectivity index (χ0) is 12.0. The number of nitrogens with zero attached hydrogens (tertiary/aromatic N) is 2. The predicted molar refractivity (Wildman–Crippen MR) is 59.2 cm³/mol. The number of carbonyl (C=O) groups is 1. The SMILES string of the molecule is CCN(CCO)Cc1ccc(C(=O)O)cn1. The van der Waals surface area contributed by atoms with Crippen molar-refractivity contribution >= 4 is 5.97 Å². The van der Waals surface area contributed by atoms with Crippen LogP contribution in [0.15, 0.2) is 18.3 Å². The molecule has 1 rings (SSSR count). The maximum Gasteiger partial charge on any atom is 0.337 e. The first-order valence-electron chi connectivity index (χ1n) is 5.18. The van der Waals surface area contributed by atoms with Crippen molar-refractivity contribution in [2.24, 2.45) is 0 Å². The molecule has 0 fully saturated rings. The Bertz CT molecular complexity index is 338. The van der Waals surface area contributed by atoms with Crippen molar-refractivity contribution < 1.29 is 15.0 Å². The summed E-state index contributed by atoms with van der Waals surface area (Å²) in [6.07, 6.45) is 1.35. The van der Waals surface area contributed by atoms with Crippen molar-refractivity contribution in [3.8, 4) is 0 Å². The molecule has 16 heavy (non-hydrogen) atoms. The summed E-state index contributed by atoms with van der Waals surface area (Å²) in [4.78, 5) is 16.7. The predicted octanol–water partition coefficient (Wildman–Crippen LogP) is 0.594. The Morgan fingerprint density at radius 2 is 2.25 bits per heavy atom. The fraction of sp³-hybridized carbons (Fsp3) is 0.455. The molecule has 5 heteroatoms. The van der Waals surface area contributed by atoms with E-state index in [0.717, 1.165) is 12.2 Å². The quantitative estimate of drug-likeness (QED) is 0.740. The van der Waals surface area contributed by atoms with E-state index >= 15 is 0 Å². The summed E-state index contributed by atoms with van der Waals surface area (Å²) < 4.78 is 0. The third-order valence-corrected chi connectivity index (χ3v) is 2.32. The second kappa shape index (κ2) is 6.19. The van der Waals surface area contributed by atoms with Crippen LogP contribution in [0.4, 0.5) is 0 Å². The topological polar surface area (TPSA) is 73.7 Å². The van der Waals surface area contributed by atoms with Gasteiger partial charge in [0.15, 0.2) is 0 Å². The zero-order valence-corrected chi connectivity index (χ0v) is 9.26. The molecule has 1 aromatic rings. The first kappa shape index (κ1) is 12.6. The van der Waals surface area contributed by atoms with Crippen molar-refractivity contribution in [2.75, 3.05) is 19.7 Å². The van der Waals surface area contributed by atoms with E-state index in [1.165, 1.54) is 12.3 Å². The van der Waals surface area contributed by atoms with Crippen LogP contribution >= 0.6 is 0 Å². The number of hydrogen-bond acceptors (Lipinski definition) is 4. The Morgan fingerprint density at radius 1 is 1.50 bits per heavy atom. The Balaban J connectivity index is 2.63. The summed E-state index contributed by atoms with van der Waals surface area (Å²) in [7, 11) is 0. The van der Waals surface area contributed by atoms with Gasteiger partial charge in [-0.1, -0.05) is 6.92 Å². The number of hydrogen-bond donors (Lipinski definition) is 2. The van der Waals surface area contributed by atoms with Gasteiger partial charge in [0, 0.05) is 19.3 Å². The van der Waals surface area contributed by atoms with E-state index in [1.807, 2.05) is 11.8 Å². The van der Waals surface area contributed by atoms with E-state index in [4.69, 9.17) is 10.2 Å². The average Bonchev–Trinajstić information content (AvgIpc) is 2.29. The summed E-state index contributed by atoms with van der Waals surface area (Å²) in [6, 6.07) is 3.24. The fourth-order valence-corrected chi connectivity index (χ4v) is 1.36. The summed E-state index contributed by atoms with van der Waals surface area (Å²) in [5.41, 5.74) is 0.995. The van der Waals surface area contributed by atoms with E-state index in [9.17, 15) is 4.79 Å². The maximum absolute atomic E-state index is 10.6. The highest BCUT2D eigenvalue weighted by Gasteiger charge is 2.06. The molecule has 0 atom stereocenters. The minimum atomic E-state index is -0.971. The lowest BCUT2D eigenvalue weighted by Crippen LogP contribution is -2.26. The van der Waals surface area contributed by atoms with Crippen molar-refractivity contribution in [2.45, 2.75) is 13.5 Å². The highest BCUT2D eigenvalue weighted by Crippen LogP contribution is 2.03. The van der Waals surface area contributed by atoms with Gasteiger partial charge in [0.25, 0.3) is 0 Å². The van der Waals surface area contributed by atoms with Crippen molar-refractivity contribution in [1.82, 2.24) is 9.88 Å². The van der Waals surface area contributed by atoms with Gasteiger partial charge in [-0.15, -0.1) is 0 Å². The van der Waals surface area contributed by atoms with Gasteiger partial charge >= 0.3 is 5.97 Å². The van der Waals surface area contributed by atoms with Gasteiger partial charge < -0.3 is 10.2 Å². The van der Waals surface area contributed by atoms with E-state index in [-0.39, 0.29) is 12.2 Å². The Labute approximate surface area is 94.4 Å².